The number of carbonyl (C=O) groups is 1. The topological polar surface area (TPSA) is 76.2 Å². The molecule has 0 unspecified atom stereocenters. The van der Waals surface area contributed by atoms with Crippen molar-refractivity contribution < 1.29 is 27.5 Å². The number of carboxylic acids is 1. The molecule has 0 aliphatic heterocycles. The van der Waals surface area contributed by atoms with Gasteiger partial charge in [0.15, 0.2) is 0 Å². The molecule has 0 aliphatic rings. The molecule has 0 atom stereocenters. The van der Waals surface area contributed by atoms with Crippen molar-refractivity contribution in [3.63, 3.8) is 0 Å². The number of rotatable bonds is 4. The Morgan fingerprint density at radius 3 is 2.60 bits per heavy atom. The van der Waals surface area contributed by atoms with Crippen LogP contribution in [-0.4, -0.2) is 27.4 Å². The van der Waals surface area contributed by atoms with E-state index in [1.54, 1.807) is 6.07 Å². The lowest BCUT2D eigenvalue weighted by Crippen LogP contribution is -2.08. The van der Waals surface area contributed by atoms with Crippen molar-refractivity contribution in [3.05, 3.63) is 35.7 Å². The minimum absolute atomic E-state index is 0.0569. The Morgan fingerprint density at radius 2 is 1.95 bits per heavy atom. The number of carboxylic acid groups (broad SMARTS) is 1. The molecule has 0 spiro atoms. The Labute approximate surface area is 111 Å². The highest BCUT2D eigenvalue weighted by molar-refractivity contribution is 5.94. The first-order valence-electron chi connectivity index (χ1n) is 5.58. The van der Waals surface area contributed by atoms with Crippen LogP contribution in [0.25, 0.3) is 11.5 Å². The summed E-state index contributed by atoms with van der Waals surface area (Å²) >= 11 is 0. The summed E-state index contributed by atoms with van der Waals surface area (Å²) in [7, 11) is 0. The van der Waals surface area contributed by atoms with Crippen LogP contribution >= 0.6 is 0 Å². The fourth-order valence-corrected chi connectivity index (χ4v) is 1.57. The van der Waals surface area contributed by atoms with E-state index in [2.05, 4.69) is 10.2 Å². The zero-order valence-electron chi connectivity index (χ0n) is 10.0. The lowest BCUT2D eigenvalue weighted by Gasteiger charge is -2.02. The molecule has 1 heterocycles. The van der Waals surface area contributed by atoms with Gasteiger partial charge in [0.25, 0.3) is 0 Å². The molecule has 0 aliphatic carbocycles. The highest BCUT2D eigenvalue weighted by Gasteiger charge is 2.28. The molecule has 0 fully saturated rings. The van der Waals surface area contributed by atoms with Gasteiger partial charge >= 0.3 is 12.1 Å². The van der Waals surface area contributed by atoms with Crippen molar-refractivity contribution in [2.75, 3.05) is 0 Å². The first-order chi connectivity index (χ1) is 9.37. The molecular weight excluding hydrogens is 277 g/mol. The van der Waals surface area contributed by atoms with Gasteiger partial charge < -0.3 is 9.52 Å². The predicted octanol–water partition coefficient (Wildman–Crippen LogP) is 2.93. The molecule has 5 nitrogen and oxygen atoms in total. The number of alkyl halides is 3. The van der Waals surface area contributed by atoms with E-state index < -0.39 is 25.0 Å². The van der Waals surface area contributed by atoms with Gasteiger partial charge in [0.1, 0.15) is 0 Å². The number of hydrogen-bond donors (Lipinski definition) is 1. The zero-order valence-corrected chi connectivity index (χ0v) is 10.0. The zero-order chi connectivity index (χ0) is 14.8. The van der Waals surface area contributed by atoms with Gasteiger partial charge in [-0.1, -0.05) is 12.1 Å². The third kappa shape index (κ3) is 3.34. The predicted molar refractivity (Wildman–Crippen MR) is 61.1 cm³/mol. The van der Waals surface area contributed by atoms with Crippen molar-refractivity contribution in [1.82, 2.24) is 10.2 Å². The number of hydrogen-bond acceptors (Lipinski definition) is 4. The first kappa shape index (κ1) is 14.0. The second-order valence-electron chi connectivity index (χ2n) is 3.97. The Balaban J connectivity index is 2.23. The van der Waals surface area contributed by atoms with E-state index in [0.717, 1.165) is 0 Å². The normalized spacial score (nSPS) is 11.6. The maximum absolute atomic E-state index is 12.1. The van der Waals surface area contributed by atoms with Crippen LogP contribution in [0, 0.1) is 0 Å². The largest absolute Gasteiger partial charge is 0.478 e. The minimum atomic E-state index is -4.31. The maximum Gasteiger partial charge on any atom is 0.389 e. The van der Waals surface area contributed by atoms with Crippen LogP contribution in [0.3, 0.4) is 0 Å². The standard InChI is InChI=1S/C12H9F3N2O3/c13-12(14,15)6-5-9-16-17-10(20-9)7-3-1-2-4-8(7)11(18)19/h1-4H,5-6H2,(H,18,19). The summed E-state index contributed by atoms with van der Waals surface area (Å²) in [5.41, 5.74) is 0.115. The van der Waals surface area contributed by atoms with Gasteiger partial charge in [-0.3, -0.25) is 0 Å². The third-order valence-electron chi connectivity index (χ3n) is 2.48. The van der Waals surface area contributed by atoms with E-state index in [1.807, 2.05) is 0 Å². The fourth-order valence-electron chi connectivity index (χ4n) is 1.57. The minimum Gasteiger partial charge on any atom is -0.478 e. The SMILES string of the molecule is O=C(O)c1ccccc1-c1nnc(CCC(F)(F)F)o1. The van der Waals surface area contributed by atoms with E-state index in [0.29, 0.717) is 0 Å². The molecule has 0 amide bonds. The van der Waals surface area contributed by atoms with Crippen molar-refractivity contribution in [3.8, 4) is 11.5 Å². The Kier molecular flexibility index (Phi) is 3.73. The molecule has 1 N–H and O–H groups in total. The van der Waals surface area contributed by atoms with E-state index in [1.165, 1.54) is 18.2 Å². The van der Waals surface area contributed by atoms with Crippen LogP contribution in [-0.2, 0) is 6.42 Å². The Morgan fingerprint density at radius 1 is 1.25 bits per heavy atom. The average Bonchev–Trinajstić information content (AvgIpc) is 2.84. The second-order valence-corrected chi connectivity index (χ2v) is 3.97. The van der Waals surface area contributed by atoms with Crippen molar-refractivity contribution >= 4 is 5.97 Å². The summed E-state index contributed by atoms with van der Waals surface area (Å²) in [5.74, 6) is -1.48. The smallest absolute Gasteiger partial charge is 0.389 e. The number of aryl methyl sites for hydroxylation is 1. The van der Waals surface area contributed by atoms with Crippen LogP contribution in [0.1, 0.15) is 22.7 Å². The number of benzene rings is 1. The summed E-state index contributed by atoms with van der Waals surface area (Å²) in [4.78, 5) is 11.0. The second kappa shape index (κ2) is 5.32. The van der Waals surface area contributed by atoms with Crippen LogP contribution in [0.5, 0.6) is 0 Å². The fraction of sp³-hybridized carbons (Fsp3) is 0.250. The highest BCUT2D eigenvalue weighted by atomic mass is 19.4. The van der Waals surface area contributed by atoms with Crippen molar-refractivity contribution in [2.24, 2.45) is 0 Å². The van der Waals surface area contributed by atoms with Gasteiger partial charge in [0, 0.05) is 6.42 Å². The summed E-state index contributed by atoms with van der Waals surface area (Å²) < 4.78 is 41.3. The number of halogens is 3. The number of nitrogens with zero attached hydrogens (tertiary/aromatic N) is 2. The molecular formula is C12H9F3N2O3. The summed E-state index contributed by atoms with van der Waals surface area (Å²) in [6.45, 7) is 0. The molecule has 2 aromatic rings. The van der Waals surface area contributed by atoms with Crippen molar-refractivity contribution in [2.45, 2.75) is 19.0 Å². The lowest BCUT2D eigenvalue weighted by molar-refractivity contribution is -0.134. The van der Waals surface area contributed by atoms with Gasteiger partial charge in [-0.05, 0) is 12.1 Å². The van der Waals surface area contributed by atoms with Crippen LogP contribution in [0.2, 0.25) is 0 Å². The Bertz CT molecular complexity index is 622. The molecule has 0 bridgehead atoms. The monoisotopic (exact) mass is 286 g/mol. The van der Waals surface area contributed by atoms with E-state index in [9.17, 15) is 18.0 Å². The van der Waals surface area contributed by atoms with Gasteiger partial charge in [0.05, 0.1) is 17.5 Å². The molecule has 2 rings (SSSR count). The van der Waals surface area contributed by atoms with Crippen LogP contribution < -0.4 is 0 Å². The van der Waals surface area contributed by atoms with Gasteiger partial charge in [-0.25, -0.2) is 4.79 Å². The molecule has 20 heavy (non-hydrogen) atoms. The quantitative estimate of drug-likeness (QED) is 0.935. The maximum atomic E-state index is 12.1. The summed E-state index contributed by atoms with van der Waals surface area (Å²) in [6, 6.07) is 5.89. The molecule has 1 aromatic carbocycles. The first-order valence-corrected chi connectivity index (χ1v) is 5.58. The summed E-state index contributed by atoms with van der Waals surface area (Å²) in [6.07, 6.45) is -5.82. The van der Waals surface area contributed by atoms with E-state index in [4.69, 9.17) is 9.52 Å². The van der Waals surface area contributed by atoms with E-state index >= 15 is 0 Å². The highest BCUT2D eigenvalue weighted by Crippen LogP contribution is 2.25. The van der Waals surface area contributed by atoms with Crippen LogP contribution in [0.15, 0.2) is 28.7 Å². The lowest BCUT2D eigenvalue weighted by atomic mass is 10.1. The van der Waals surface area contributed by atoms with Gasteiger partial charge in [-0.15, -0.1) is 10.2 Å². The third-order valence-corrected chi connectivity index (χ3v) is 2.48. The van der Waals surface area contributed by atoms with Gasteiger partial charge in [0.2, 0.25) is 11.8 Å². The number of aromatic nitrogens is 2. The molecule has 8 heteroatoms. The molecule has 0 radical (unpaired) electrons. The Hall–Kier alpha value is -2.38. The van der Waals surface area contributed by atoms with E-state index in [-0.39, 0.29) is 22.9 Å². The average molecular weight is 286 g/mol. The molecule has 0 saturated carbocycles. The molecule has 0 saturated heterocycles. The molecule has 106 valence electrons. The molecule has 1 aromatic heterocycles. The van der Waals surface area contributed by atoms with Crippen molar-refractivity contribution in [1.29, 1.82) is 0 Å². The van der Waals surface area contributed by atoms with Gasteiger partial charge in [-0.2, -0.15) is 13.2 Å². The summed E-state index contributed by atoms with van der Waals surface area (Å²) in [5, 5.41) is 16.1. The van der Waals surface area contributed by atoms with Crippen LogP contribution in [0.4, 0.5) is 13.2 Å². The number of aromatic carboxylic acids is 1.